The minimum Gasteiger partial charge on any atom is -1.00 e. The summed E-state index contributed by atoms with van der Waals surface area (Å²) in [6.45, 7) is 3.86. The highest BCUT2D eigenvalue weighted by molar-refractivity contribution is 5.43. The molecular weight excluding hydrogens is 202 g/mol. The van der Waals surface area contributed by atoms with Gasteiger partial charge in [-0.3, -0.25) is 0 Å². The highest BCUT2D eigenvalue weighted by Crippen LogP contribution is 2.13. The smallest absolute Gasteiger partial charge is 0.121 e. The van der Waals surface area contributed by atoms with Crippen molar-refractivity contribution in [2.24, 2.45) is 0 Å². The highest BCUT2D eigenvalue weighted by atomic mass is 35.5. The number of rotatable bonds is 5. The van der Waals surface area contributed by atoms with Crippen LogP contribution in [0, 0.1) is 0 Å². The molecule has 0 heterocycles. The van der Waals surface area contributed by atoms with Gasteiger partial charge in [0.05, 0.1) is 6.61 Å². The first kappa shape index (κ1) is 13.1. The maximum Gasteiger partial charge on any atom is 0.121 e. The van der Waals surface area contributed by atoms with E-state index in [2.05, 4.69) is 0 Å². The van der Waals surface area contributed by atoms with Gasteiger partial charge in [-0.1, -0.05) is 6.07 Å². The topological polar surface area (TPSA) is 44.5 Å². The fourth-order valence-corrected chi connectivity index (χ4v) is 0.967. The second kappa shape index (κ2) is 7.47. The highest BCUT2D eigenvalue weighted by Gasteiger charge is 1.93. The van der Waals surface area contributed by atoms with Gasteiger partial charge in [-0.15, -0.1) is 0 Å². The molecule has 4 heteroatoms. The molecule has 14 heavy (non-hydrogen) atoms. The summed E-state index contributed by atoms with van der Waals surface area (Å²) in [7, 11) is 0. The Morgan fingerprint density at radius 1 is 1.29 bits per heavy atom. The molecule has 0 spiro atoms. The van der Waals surface area contributed by atoms with E-state index in [9.17, 15) is 0 Å². The molecule has 0 aliphatic rings. The summed E-state index contributed by atoms with van der Waals surface area (Å²) in [4.78, 5) is 0. The van der Waals surface area contributed by atoms with Crippen molar-refractivity contribution in [3.8, 4) is 5.75 Å². The van der Waals surface area contributed by atoms with Crippen LogP contribution < -0.4 is 22.9 Å². The van der Waals surface area contributed by atoms with Gasteiger partial charge in [0, 0.05) is 18.4 Å². The molecule has 0 saturated carbocycles. The minimum atomic E-state index is 0. The van der Waals surface area contributed by atoms with Crippen molar-refractivity contribution in [1.82, 2.24) is 0 Å². The van der Waals surface area contributed by atoms with E-state index in [1.54, 1.807) is 6.07 Å². The van der Waals surface area contributed by atoms with Crippen molar-refractivity contribution in [2.75, 3.05) is 25.6 Å². The van der Waals surface area contributed by atoms with Crippen molar-refractivity contribution in [1.29, 1.82) is 0 Å². The summed E-state index contributed by atoms with van der Waals surface area (Å²) in [5.74, 6) is 0.791. The number of anilines is 1. The molecule has 80 valence electrons. The molecule has 1 aromatic carbocycles. The Morgan fingerprint density at radius 3 is 2.71 bits per heavy atom. The van der Waals surface area contributed by atoms with Gasteiger partial charge >= 0.3 is 0 Å². The van der Waals surface area contributed by atoms with E-state index < -0.39 is 0 Å². The Bertz CT molecular complexity index is 256. The second-order valence-corrected chi connectivity index (χ2v) is 2.62. The van der Waals surface area contributed by atoms with Gasteiger partial charge in [0.1, 0.15) is 12.4 Å². The third-order valence-electron chi connectivity index (χ3n) is 1.56. The Morgan fingerprint density at radius 2 is 2.07 bits per heavy atom. The fourth-order valence-electron chi connectivity index (χ4n) is 0.967. The fraction of sp³-hybridized carbons (Fsp3) is 0.400. The van der Waals surface area contributed by atoms with E-state index in [1.807, 2.05) is 25.1 Å². The average Bonchev–Trinajstić information content (AvgIpc) is 2.13. The van der Waals surface area contributed by atoms with E-state index in [1.165, 1.54) is 0 Å². The lowest BCUT2D eigenvalue weighted by atomic mass is 10.3. The Hall–Kier alpha value is -0.930. The van der Waals surface area contributed by atoms with Gasteiger partial charge in [0.15, 0.2) is 0 Å². The van der Waals surface area contributed by atoms with Crippen molar-refractivity contribution in [3.05, 3.63) is 24.3 Å². The van der Waals surface area contributed by atoms with Crippen LogP contribution in [0.2, 0.25) is 0 Å². The molecular formula is C10H15ClNO2-. The number of halogens is 1. The summed E-state index contributed by atoms with van der Waals surface area (Å²) in [6, 6.07) is 7.37. The molecule has 3 nitrogen and oxygen atoms in total. The third-order valence-corrected chi connectivity index (χ3v) is 1.56. The lowest BCUT2D eigenvalue weighted by Gasteiger charge is -2.06. The molecule has 0 radical (unpaired) electrons. The molecule has 0 saturated heterocycles. The summed E-state index contributed by atoms with van der Waals surface area (Å²) < 4.78 is 10.5. The standard InChI is InChI=1S/C10H15NO2.ClH/c1-2-12-6-7-13-10-5-3-4-9(11)8-10;/h3-5,8H,2,6-7,11H2,1H3;1H/p-1. The minimum absolute atomic E-state index is 0. The largest absolute Gasteiger partial charge is 1.00 e. The van der Waals surface area contributed by atoms with Crippen LogP contribution >= 0.6 is 0 Å². The van der Waals surface area contributed by atoms with E-state index in [0.29, 0.717) is 18.9 Å². The quantitative estimate of drug-likeness (QED) is 0.491. The van der Waals surface area contributed by atoms with Crippen LogP contribution in [0.4, 0.5) is 5.69 Å². The summed E-state index contributed by atoms with van der Waals surface area (Å²) >= 11 is 0. The number of benzene rings is 1. The van der Waals surface area contributed by atoms with Crippen LogP contribution in [0.3, 0.4) is 0 Å². The lowest BCUT2D eigenvalue weighted by Crippen LogP contribution is -3.00. The van der Waals surface area contributed by atoms with Crippen LogP contribution in [0.15, 0.2) is 24.3 Å². The van der Waals surface area contributed by atoms with Crippen molar-refractivity contribution in [3.63, 3.8) is 0 Å². The van der Waals surface area contributed by atoms with Crippen LogP contribution in [0.25, 0.3) is 0 Å². The molecule has 0 bridgehead atoms. The van der Waals surface area contributed by atoms with Crippen LogP contribution in [-0.4, -0.2) is 19.8 Å². The Balaban J connectivity index is 0.00000169. The van der Waals surface area contributed by atoms with E-state index >= 15 is 0 Å². The van der Waals surface area contributed by atoms with Gasteiger partial charge in [-0.2, -0.15) is 0 Å². The summed E-state index contributed by atoms with van der Waals surface area (Å²) in [6.07, 6.45) is 0. The Labute approximate surface area is 90.6 Å². The van der Waals surface area contributed by atoms with E-state index in [-0.39, 0.29) is 12.4 Å². The van der Waals surface area contributed by atoms with Gasteiger partial charge in [0.25, 0.3) is 0 Å². The number of nitrogen functional groups attached to an aromatic ring is 1. The monoisotopic (exact) mass is 216 g/mol. The van der Waals surface area contributed by atoms with Gasteiger partial charge in [-0.25, -0.2) is 0 Å². The van der Waals surface area contributed by atoms with Gasteiger partial charge in [-0.05, 0) is 19.1 Å². The third kappa shape index (κ3) is 4.94. The van der Waals surface area contributed by atoms with Crippen molar-refractivity contribution >= 4 is 5.69 Å². The average molecular weight is 217 g/mol. The van der Waals surface area contributed by atoms with Gasteiger partial charge in [0.2, 0.25) is 0 Å². The maximum absolute atomic E-state index is 5.58. The summed E-state index contributed by atoms with van der Waals surface area (Å²) in [5, 5.41) is 0. The predicted octanol–water partition coefficient (Wildman–Crippen LogP) is -1.31. The molecule has 0 aliphatic carbocycles. The zero-order valence-electron chi connectivity index (χ0n) is 8.20. The van der Waals surface area contributed by atoms with Crippen molar-refractivity contribution < 1.29 is 21.9 Å². The number of nitrogens with two attached hydrogens (primary N) is 1. The van der Waals surface area contributed by atoms with E-state index in [4.69, 9.17) is 15.2 Å². The lowest BCUT2D eigenvalue weighted by molar-refractivity contribution is -0.00000365. The van der Waals surface area contributed by atoms with E-state index in [0.717, 1.165) is 12.4 Å². The van der Waals surface area contributed by atoms with Crippen molar-refractivity contribution in [2.45, 2.75) is 6.92 Å². The Kier molecular flexibility index (Phi) is 6.98. The first-order chi connectivity index (χ1) is 6.33. The second-order valence-electron chi connectivity index (χ2n) is 2.62. The first-order valence-corrected chi connectivity index (χ1v) is 4.39. The molecule has 0 atom stereocenters. The zero-order valence-corrected chi connectivity index (χ0v) is 8.96. The van der Waals surface area contributed by atoms with Crippen LogP contribution in [-0.2, 0) is 4.74 Å². The molecule has 0 aromatic heterocycles. The van der Waals surface area contributed by atoms with Crippen LogP contribution in [0.5, 0.6) is 5.75 Å². The number of ether oxygens (including phenoxy) is 2. The van der Waals surface area contributed by atoms with Gasteiger partial charge < -0.3 is 27.6 Å². The number of hydrogen-bond donors (Lipinski definition) is 1. The summed E-state index contributed by atoms with van der Waals surface area (Å²) in [5.41, 5.74) is 6.29. The molecule has 1 rings (SSSR count). The SMILES string of the molecule is CCOCCOc1cccc(N)c1.[Cl-]. The molecule has 0 aliphatic heterocycles. The molecule has 0 unspecified atom stereocenters. The normalized spacial score (nSPS) is 9.21. The molecule has 0 amide bonds. The molecule has 0 fully saturated rings. The zero-order chi connectivity index (χ0) is 9.52. The predicted molar refractivity (Wildman–Crippen MR) is 52.8 cm³/mol. The first-order valence-electron chi connectivity index (χ1n) is 4.39. The molecule has 1 aromatic rings. The maximum atomic E-state index is 5.58. The van der Waals surface area contributed by atoms with Crippen LogP contribution in [0.1, 0.15) is 6.92 Å². The number of hydrogen-bond acceptors (Lipinski definition) is 3. The molecule has 2 N–H and O–H groups in total.